The van der Waals surface area contributed by atoms with E-state index in [0.717, 1.165) is 5.69 Å². The molecule has 2 atom stereocenters. The lowest BCUT2D eigenvalue weighted by Gasteiger charge is -2.54. The van der Waals surface area contributed by atoms with E-state index in [9.17, 15) is 0 Å². The predicted molar refractivity (Wildman–Crippen MR) is 117 cm³/mol. The number of rotatable bonds is 3. The second kappa shape index (κ2) is 6.44. The van der Waals surface area contributed by atoms with E-state index in [0.29, 0.717) is 0 Å². The molecule has 4 rings (SSSR count). The van der Waals surface area contributed by atoms with E-state index in [1.165, 1.54) is 10.6 Å². The third-order valence-corrected chi connectivity index (χ3v) is 24.1. The molecule has 1 saturated heterocycles. The average Bonchev–Trinajstić information content (AvgIpc) is 2.63. The average molecular weight is 403 g/mol. The normalized spacial score (nSPS) is 25.9. The summed E-state index contributed by atoms with van der Waals surface area (Å²) in [5.41, 5.74) is 1.15. The summed E-state index contributed by atoms with van der Waals surface area (Å²) >= 11 is 14.3. The van der Waals surface area contributed by atoms with Crippen LogP contribution in [0, 0.1) is 0 Å². The summed E-state index contributed by atoms with van der Waals surface area (Å²) in [5.74, 6) is 0. The third kappa shape index (κ3) is 2.62. The van der Waals surface area contributed by atoms with Crippen LogP contribution in [-0.2, 0) is 23.6 Å². The van der Waals surface area contributed by atoms with E-state index in [1.54, 1.807) is 0 Å². The molecule has 0 saturated carbocycles. The van der Waals surface area contributed by atoms with Gasteiger partial charge in [-0.05, 0) is 23.1 Å². The first-order valence-corrected chi connectivity index (χ1v) is 15.1. The second-order valence-corrected chi connectivity index (χ2v) is 19.5. The minimum Gasteiger partial charge on any atom is -0.291 e. The van der Waals surface area contributed by atoms with Gasteiger partial charge in [0.2, 0.25) is 0 Å². The number of hydrogen-bond donors (Lipinski definition) is 0. The molecule has 1 aliphatic heterocycles. The third-order valence-electron chi connectivity index (χ3n) is 3.87. The van der Waals surface area contributed by atoms with Gasteiger partial charge >= 0.3 is 0 Å². The summed E-state index contributed by atoms with van der Waals surface area (Å²) in [7, 11) is 0. The van der Waals surface area contributed by atoms with Crippen LogP contribution >= 0.6 is 21.8 Å². The zero-order valence-corrected chi connectivity index (χ0v) is 17.0. The van der Waals surface area contributed by atoms with Crippen LogP contribution in [-0.4, -0.2) is 0 Å². The van der Waals surface area contributed by atoms with Crippen LogP contribution in [0.1, 0.15) is 0 Å². The molecule has 2 unspecified atom stereocenters. The van der Waals surface area contributed by atoms with Crippen molar-refractivity contribution in [2.45, 2.75) is 0 Å². The zero-order valence-electron chi connectivity index (χ0n) is 12.7. The molecule has 0 spiro atoms. The highest BCUT2D eigenvalue weighted by molar-refractivity contribution is 9.09. The molecule has 1 nitrogen and oxygen atoms in total. The molecule has 0 bridgehead atoms. The molecule has 3 aromatic carbocycles. The first-order valence-electron chi connectivity index (χ1n) is 7.53. The van der Waals surface area contributed by atoms with Gasteiger partial charge in [0.1, 0.15) is 10.8 Å². The number of anilines is 1. The van der Waals surface area contributed by atoms with E-state index in [1.807, 2.05) is 29.2 Å². The molecule has 0 aliphatic carbocycles. The number of hydrogen-bond acceptors (Lipinski definition) is 3. The predicted octanol–water partition coefficient (Wildman–Crippen LogP) is 5.51. The highest BCUT2D eigenvalue weighted by Crippen LogP contribution is 2.95. The molecule has 1 aliphatic rings. The zero-order chi connectivity index (χ0) is 16.6. The monoisotopic (exact) mass is 403 g/mol. The largest absolute Gasteiger partial charge is 0.291 e. The van der Waals surface area contributed by atoms with Crippen LogP contribution in [0.4, 0.5) is 5.69 Å². The van der Waals surface area contributed by atoms with Crippen LogP contribution < -0.4 is 15.1 Å². The van der Waals surface area contributed by atoms with Gasteiger partial charge in [0.15, 0.2) is 0 Å². The minimum atomic E-state index is -1.94. The summed E-state index contributed by atoms with van der Waals surface area (Å²) in [6.07, 6.45) is 0. The maximum absolute atomic E-state index is 6.21. The van der Waals surface area contributed by atoms with Crippen molar-refractivity contribution in [3.05, 3.63) is 91.0 Å². The molecule has 24 heavy (non-hydrogen) atoms. The van der Waals surface area contributed by atoms with Crippen LogP contribution in [0.2, 0.25) is 0 Å². The van der Waals surface area contributed by atoms with Gasteiger partial charge in [-0.15, -0.1) is 0 Å². The van der Waals surface area contributed by atoms with E-state index in [4.69, 9.17) is 23.6 Å². The summed E-state index contributed by atoms with van der Waals surface area (Å²) in [4.78, 5) is 0. The van der Waals surface area contributed by atoms with Crippen LogP contribution in [0.15, 0.2) is 91.0 Å². The second-order valence-electron chi connectivity index (χ2n) is 5.42. The first-order chi connectivity index (χ1) is 11.6. The molecule has 1 heterocycles. The summed E-state index contributed by atoms with van der Waals surface area (Å²) in [6.45, 7) is 0. The van der Waals surface area contributed by atoms with Crippen molar-refractivity contribution in [3.63, 3.8) is 0 Å². The van der Waals surface area contributed by atoms with Gasteiger partial charge < -0.3 is 0 Å². The van der Waals surface area contributed by atoms with E-state index in [2.05, 4.69) is 77.2 Å². The molecule has 0 N–H and O–H groups in total. The Kier molecular flexibility index (Phi) is 4.45. The van der Waals surface area contributed by atoms with Crippen LogP contribution in [0.3, 0.4) is 0 Å². The lowest BCUT2D eigenvalue weighted by atomic mass is 10.3. The molecular weight excluding hydrogens is 388 g/mol. The van der Waals surface area contributed by atoms with Crippen LogP contribution in [0.25, 0.3) is 0 Å². The Morgan fingerprint density at radius 1 is 0.583 bits per heavy atom. The highest BCUT2D eigenvalue weighted by atomic mass is 33.2. The van der Waals surface area contributed by atoms with Gasteiger partial charge in [-0.2, -0.15) is 0 Å². The van der Waals surface area contributed by atoms with Gasteiger partial charge in [-0.3, -0.25) is 4.44 Å². The lowest BCUT2D eigenvalue weighted by molar-refractivity contribution is 1.57. The Morgan fingerprint density at radius 2 is 0.958 bits per heavy atom. The SMILES string of the molecule is S=P1(c2ccccc2)SP(=S)(c2ccccc2)N1c1ccccc1. The molecule has 120 valence electrons. The highest BCUT2D eigenvalue weighted by Gasteiger charge is 2.52. The molecular formula is C18H15NP2S3. The van der Waals surface area contributed by atoms with Gasteiger partial charge in [-0.25, -0.2) is 0 Å². The number of para-hydroxylation sites is 1. The topological polar surface area (TPSA) is 3.24 Å². The first kappa shape index (κ1) is 16.6. The van der Waals surface area contributed by atoms with E-state index >= 15 is 0 Å². The molecule has 0 amide bonds. The summed E-state index contributed by atoms with van der Waals surface area (Å²) in [5, 5.41) is -1.42. The Bertz CT molecular complexity index is 886. The maximum atomic E-state index is 6.21. The van der Waals surface area contributed by atoms with Crippen molar-refractivity contribution in [2.75, 3.05) is 4.44 Å². The van der Waals surface area contributed by atoms with Crippen molar-refractivity contribution in [1.82, 2.24) is 0 Å². The number of nitrogens with zero attached hydrogens (tertiary/aromatic N) is 1. The van der Waals surface area contributed by atoms with E-state index in [-0.39, 0.29) is 0 Å². The summed E-state index contributed by atoms with van der Waals surface area (Å²) in [6, 6.07) is 31.4. The van der Waals surface area contributed by atoms with Gasteiger partial charge in [0.05, 0.1) is 0 Å². The Morgan fingerprint density at radius 3 is 1.38 bits per heavy atom. The Balaban J connectivity index is 1.88. The lowest BCUT2D eigenvalue weighted by Crippen LogP contribution is -2.32. The maximum Gasteiger partial charge on any atom is 0.129 e. The standard InChI is InChI=1S/C18H15NP2S3/c22-20(17-12-6-2-7-13-17)19(16-10-4-1-5-11-16)21(23,24-20)18-14-8-3-9-15-18/h1-15H. The quantitative estimate of drug-likeness (QED) is 0.530. The molecule has 1 fully saturated rings. The molecule has 0 aromatic heterocycles. The van der Waals surface area contributed by atoms with Crippen molar-refractivity contribution >= 4 is 61.7 Å². The fourth-order valence-corrected chi connectivity index (χ4v) is 28.2. The minimum absolute atomic E-state index is 1.15. The smallest absolute Gasteiger partial charge is 0.129 e. The Labute approximate surface area is 156 Å². The molecule has 3 aromatic rings. The fourth-order valence-electron chi connectivity index (χ4n) is 2.76. The van der Waals surface area contributed by atoms with Crippen molar-refractivity contribution < 1.29 is 0 Å². The van der Waals surface area contributed by atoms with Crippen molar-refractivity contribution in [3.8, 4) is 0 Å². The van der Waals surface area contributed by atoms with Crippen LogP contribution in [0.5, 0.6) is 0 Å². The number of benzene rings is 3. The fraction of sp³-hybridized carbons (Fsp3) is 0. The molecule has 0 radical (unpaired) electrons. The van der Waals surface area contributed by atoms with Gasteiger partial charge in [-0.1, -0.05) is 102 Å². The Hall–Kier alpha value is -0.890. The van der Waals surface area contributed by atoms with Crippen molar-refractivity contribution in [2.24, 2.45) is 0 Å². The van der Waals surface area contributed by atoms with E-state index < -0.39 is 10.8 Å². The summed E-state index contributed by atoms with van der Waals surface area (Å²) < 4.78 is 2.40. The molecule has 6 heteroatoms. The van der Waals surface area contributed by atoms with Crippen molar-refractivity contribution in [1.29, 1.82) is 0 Å². The van der Waals surface area contributed by atoms with Gasteiger partial charge in [0, 0.05) is 16.3 Å². The van der Waals surface area contributed by atoms with Gasteiger partial charge in [0.25, 0.3) is 0 Å².